The lowest BCUT2D eigenvalue weighted by atomic mass is 10.1. The molecule has 2 rings (SSSR count). The maximum atomic E-state index is 5.72. The lowest BCUT2D eigenvalue weighted by Crippen LogP contribution is -1.88. The Kier molecular flexibility index (Phi) is 3.21. The topological polar surface area (TPSA) is 38.9 Å². The van der Waals surface area contributed by atoms with Gasteiger partial charge in [0.25, 0.3) is 0 Å². The molecule has 0 spiro atoms. The molecule has 0 unspecified atom stereocenters. The zero-order chi connectivity index (χ0) is 10.7. The molecule has 1 heterocycles. The van der Waals surface area contributed by atoms with E-state index in [1.54, 1.807) is 11.3 Å². The van der Waals surface area contributed by atoms with Crippen LogP contribution >= 0.6 is 11.3 Å². The van der Waals surface area contributed by atoms with E-state index in [9.17, 15) is 0 Å². The minimum absolute atomic E-state index is 0.674. The predicted octanol–water partition coefficient (Wildman–Crippen LogP) is 3.61. The van der Waals surface area contributed by atoms with Gasteiger partial charge in [-0.2, -0.15) is 0 Å². The number of aryl methyl sites for hydroxylation is 1. The third kappa shape index (κ3) is 2.29. The van der Waals surface area contributed by atoms with Gasteiger partial charge in [0.05, 0.1) is 10.2 Å². The van der Waals surface area contributed by atoms with Gasteiger partial charge in [-0.1, -0.05) is 43.2 Å². The van der Waals surface area contributed by atoms with Crippen molar-refractivity contribution >= 4 is 26.7 Å². The SMILES string of the molecule is CCCCCc1cccc2sc(N)nc12. The molecule has 3 heteroatoms. The van der Waals surface area contributed by atoms with Crippen molar-refractivity contribution in [1.82, 2.24) is 4.98 Å². The van der Waals surface area contributed by atoms with Gasteiger partial charge in [-0.25, -0.2) is 4.98 Å². The Balaban J connectivity index is 2.25. The summed E-state index contributed by atoms with van der Waals surface area (Å²) in [5.41, 5.74) is 8.17. The Morgan fingerprint density at radius 2 is 2.20 bits per heavy atom. The Morgan fingerprint density at radius 3 is 3.00 bits per heavy atom. The Bertz CT molecular complexity index is 448. The summed E-state index contributed by atoms with van der Waals surface area (Å²) in [7, 11) is 0. The Morgan fingerprint density at radius 1 is 1.33 bits per heavy atom. The highest BCUT2D eigenvalue weighted by atomic mass is 32.1. The summed E-state index contributed by atoms with van der Waals surface area (Å²) in [6, 6.07) is 6.35. The summed E-state index contributed by atoms with van der Waals surface area (Å²) >= 11 is 1.57. The number of thiazole rings is 1. The first kappa shape index (κ1) is 10.4. The summed E-state index contributed by atoms with van der Waals surface area (Å²) < 4.78 is 1.21. The first-order chi connectivity index (χ1) is 7.31. The number of hydrogen-bond donors (Lipinski definition) is 1. The standard InChI is InChI=1S/C12H16N2S/c1-2-3-4-6-9-7-5-8-10-11(9)14-12(13)15-10/h5,7-8H,2-4,6H2,1H3,(H2,13,14). The minimum Gasteiger partial charge on any atom is -0.375 e. The summed E-state index contributed by atoms with van der Waals surface area (Å²) in [4.78, 5) is 4.39. The molecule has 2 aromatic rings. The average molecular weight is 220 g/mol. The van der Waals surface area contributed by atoms with Gasteiger partial charge in [-0.15, -0.1) is 0 Å². The highest BCUT2D eigenvalue weighted by molar-refractivity contribution is 7.22. The van der Waals surface area contributed by atoms with E-state index >= 15 is 0 Å². The van der Waals surface area contributed by atoms with Crippen LogP contribution in [0.4, 0.5) is 5.13 Å². The zero-order valence-electron chi connectivity index (χ0n) is 8.99. The van der Waals surface area contributed by atoms with Crippen molar-refractivity contribution in [3.8, 4) is 0 Å². The molecule has 0 fully saturated rings. The maximum Gasteiger partial charge on any atom is 0.181 e. The number of nitrogens with two attached hydrogens (primary N) is 1. The fourth-order valence-electron chi connectivity index (χ4n) is 1.79. The van der Waals surface area contributed by atoms with E-state index in [1.165, 1.54) is 29.5 Å². The average Bonchev–Trinajstić information content (AvgIpc) is 2.59. The van der Waals surface area contributed by atoms with Crippen LogP contribution in [0.3, 0.4) is 0 Å². The number of fused-ring (bicyclic) bond motifs is 1. The number of hydrogen-bond acceptors (Lipinski definition) is 3. The molecule has 0 radical (unpaired) electrons. The van der Waals surface area contributed by atoms with Crippen molar-refractivity contribution in [2.24, 2.45) is 0 Å². The molecule has 2 N–H and O–H groups in total. The van der Waals surface area contributed by atoms with E-state index in [-0.39, 0.29) is 0 Å². The number of benzene rings is 1. The zero-order valence-corrected chi connectivity index (χ0v) is 9.81. The number of para-hydroxylation sites is 1. The van der Waals surface area contributed by atoms with Crippen LogP contribution in [-0.4, -0.2) is 4.98 Å². The van der Waals surface area contributed by atoms with Crippen LogP contribution in [-0.2, 0) is 6.42 Å². The number of aromatic nitrogens is 1. The lowest BCUT2D eigenvalue weighted by Gasteiger charge is -2.00. The summed E-state index contributed by atoms with van der Waals surface area (Å²) in [6.45, 7) is 2.22. The van der Waals surface area contributed by atoms with Gasteiger partial charge in [0.1, 0.15) is 0 Å². The highest BCUT2D eigenvalue weighted by Crippen LogP contribution is 2.27. The van der Waals surface area contributed by atoms with Gasteiger partial charge in [0.2, 0.25) is 0 Å². The van der Waals surface area contributed by atoms with E-state index in [0.29, 0.717) is 5.13 Å². The number of nitrogen functional groups attached to an aromatic ring is 1. The molecule has 0 atom stereocenters. The third-order valence-corrected chi connectivity index (χ3v) is 3.42. The van der Waals surface area contributed by atoms with E-state index in [2.05, 4.69) is 30.1 Å². The first-order valence-electron chi connectivity index (χ1n) is 5.45. The highest BCUT2D eigenvalue weighted by Gasteiger charge is 2.05. The maximum absolute atomic E-state index is 5.72. The Labute approximate surface area is 94.1 Å². The first-order valence-corrected chi connectivity index (χ1v) is 6.27. The van der Waals surface area contributed by atoms with Crippen LogP contribution in [0.2, 0.25) is 0 Å². The second-order valence-electron chi connectivity index (χ2n) is 3.77. The van der Waals surface area contributed by atoms with Crippen molar-refractivity contribution in [3.63, 3.8) is 0 Å². The van der Waals surface area contributed by atoms with Gasteiger partial charge in [0.15, 0.2) is 5.13 Å². The third-order valence-electron chi connectivity index (χ3n) is 2.57. The van der Waals surface area contributed by atoms with E-state index in [4.69, 9.17) is 5.73 Å². The molecule has 1 aromatic carbocycles. The summed E-state index contributed by atoms with van der Waals surface area (Å²) in [5.74, 6) is 0. The van der Waals surface area contributed by atoms with Gasteiger partial charge >= 0.3 is 0 Å². The number of anilines is 1. The second-order valence-corrected chi connectivity index (χ2v) is 4.84. The smallest absolute Gasteiger partial charge is 0.181 e. The normalized spacial score (nSPS) is 11.0. The molecule has 0 saturated carbocycles. The van der Waals surface area contributed by atoms with Crippen LogP contribution in [0.15, 0.2) is 18.2 Å². The molecule has 0 aliphatic rings. The fourth-order valence-corrected chi connectivity index (χ4v) is 2.57. The van der Waals surface area contributed by atoms with Crippen LogP contribution in [0.1, 0.15) is 31.7 Å². The quantitative estimate of drug-likeness (QED) is 0.799. The lowest BCUT2D eigenvalue weighted by molar-refractivity contribution is 0.719. The van der Waals surface area contributed by atoms with Crippen molar-refractivity contribution in [1.29, 1.82) is 0 Å². The minimum atomic E-state index is 0.674. The van der Waals surface area contributed by atoms with Gasteiger partial charge in [0, 0.05) is 0 Å². The molecule has 80 valence electrons. The molecular formula is C12H16N2S. The number of rotatable bonds is 4. The number of nitrogens with zero attached hydrogens (tertiary/aromatic N) is 1. The van der Waals surface area contributed by atoms with Crippen molar-refractivity contribution < 1.29 is 0 Å². The fraction of sp³-hybridized carbons (Fsp3) is 0.417. The molecule has 2 nitrogen and oxygen atoms in total. The van der Waals surface area contributed by atoms with Crippen LogP contribution < -0.4 is 5.73 Å². The van der Waals surface area contributed by atoms with Gasteiger partial charge in [-0.3, -0.25) is 0 Å². The predicted molar refractivity (Wildman–Crippen MR) is 67.3 cm³/mol. The number of unbranched alkanes of at least 4 members (excludes halogenated alkanes) is 2. The van der Waals surface area contributed by atoms with E-state index < -0.39 is 0 Å². The van der Waals surface area contributed by atoms with E-state index in [1.807, 2.05) is 0 Å². The Hall–Kier alpha value is -1.09. The summed E-state index contributed by atoms with van der Waals surface area (Å²) in [5, 5.41) is 0.674. The van der Waals surface area contributed by atoms with Crippen LogP contribution in [0, 0.1) is 0 Å². The van der Waals surface area contributed by atoms with Crippen LogP contribution in [0.5, 0.6) is 0 Å². The van der Waals surface area contributed by atoms with Crippen molar-refractivity contribution in [3.05, 3.63) is 23.8 Å². The molecule has 0 amide bonds. The van der Waals surface area contributed by atoms with Gasteiger partial charge < -0.3 is 5.73 Å². The molecule has 0 aliphatic heterocycles. The summed E-state index contributed by atoms with van der Waals surface area (Å²) in [6.07, 6.45) is 4.91. The molecule has 0 aliphatic carbocycles. The van der Waals surface area contributed by atoms with E-state index in [0.717, 1.165) is 11.9 Å². The molecule has 15 heavy (non-hydrogen) atoms. The molecular weight excluding hydrogens is 204 g/mol. The van der Waals surface area contributed by atoms with Crippen molar-refractivity contribution in [2.45, 2.75) is 32.6 Å². The van der Waals surface area contributed by atoms with Crippen LogP contribution in [0.25, 0.3) is 10.2 Å². The largest absolute Gasteiger partial charge is 0.375 e. The van der Waals surface area contributed by atoms with Gasteiger partial charge in [-0.05, 0) is 24.5 Å². The molecule has 1 aromatic heterocycles. The second kappa shape index (κ2) is 4.62. The van der Waals surface area contributed by atoms with Crippen molar-refractivity contribution in [2.75, 3.05) is 5.73 Å². The molecule has 0 saturated heterocycles. The monoisotopic (exact) mass is 220 g/mol. The molecule has 0 bridgehead atoms.